The maximum atomic E-state index is 11.8. The van der Waals surface area contributed by atoms with E-state index < -0.39 is 10.4 Å². The van der Waals surface area contributed by atoms with E-state index in [1.165, 1.54) is 28.7 Å². The fourth-order valence-corrected chi connectivity index (χ4v) is 1.13. The molecule has 1 aromatic rings. The van der Waals surface area contributed by atoms with Crippen LogP contribution in [-0.4, -0.2) is 6.21 Å². The molecule has 1 aromatic carbocycles. The molecule has 1 rings (SSSR count). The van der Waals surface area contributed by atoms with Crippen molar-refractivity contribution >= 4 is 16.6 Å². The summed E-state index contributed by atoms with van der Waals surface area (Å²) in [5.74, 6) is 0. The fraction of sp³-hybridized carbons (Fsp3) is 0.125. The minimum atomic E-state index is -9.67. The number of hydrogen-bond donors (Lipinski definition) is 0. The molecule has 0 spiro atoms. The summed E-state index contributed by atoms with van der Waals surface area (Å²) in [5.41, 5.74) is 0.799. The zero-order chi connectivity index (χ0) is 11.8. The van der Waals surface area contributed by atoms with Gasteiger partial charge in [-0.15, -0.1) is 4.40 Å². The van der Waals surface area contributed by atoms with E-state index in [2.05, 4.69) is 0 Å². The highest BCUT2D eigenvalue weighted by atomic mass is 32.5. The highest BCUT2D eigenvalue weighted by Gasteiger charge is 2.63. The number of halogens is 5. The molecular formula is C8H8F5NS. The van der Waals surface area contributed by atoms with Gasteiger partial charge in [-0.1, -0.05) is 49.3 Å². The standard InChI is InChI=1S/C8H8F5NS/c1-7-2-4-8(5-3-7)6-14-15(9,10,11,12)13/h2-6H,1H3. The van der Waals surface area contributed by atoms with E-state index in [1.807, 2.05) is 0 Å². The Morgan fingerprint density at radius 1 is 1.00 bits per heavy atom. The Balaban J connectivity index is 2.98. The Labute approximate surface area is 83.5 Å². The average molecular weight is 245 g/mol. The van der Waals surface area contributed by atoms with Gasteiger partial charge in [-0.25, -0.2) is 0 Å². The summed E-state index contributed by atoms with van der Waals surface area (Å²) in [4.78, 5) is 0. The van der Waals surface area contributed by atoms with Crippen molar-refractivity contribution in [1.29, 1.82) is 0 Å². The van der Waals surface area contributed by atoms with Crippen LogP contribution in [0.25, 0.3) is 0 Å². The molecule has 0 atom stereocenters. The lowest BCUT2D eigenvalue weighted by molar-refractivity contribution is 0.367. The lowest BCUT2D eigenvalue weighted by atomic mass is 10.2. The van der Waals surface area contributed by atoms with Gasteiger partial charge in [0.25, 0.3) is 0 Å². The number of benzene rings is 1. The third kappa shape index (κ3) is 5.36. The lowest BCUT2D eigenvalue weighted by Gasteiger charge is -2.34. The van der Waals surface area contributed by atoms with Crippen LogP contribution in [-0.2, 0) is 0 Å². The van der Waals surface area contributed by atoms with Crippen LogP contribution in [0.5, 0.6) is 0 Å². The number of aryl methyl sites for hydroxylation is 1. The quantitative estimate of drug-likeness (QED) is 0.532. The predicted molar refractivity (Wildman–Crippen MR) is 51.9 cm³/mol. The topological polar surface area (TPSA) is 12.4 Å². The Morgan fingerprint density at radius 3 is 1.87 bits per heavy atom. The van der Waals surface area contributed by atoms with Crippen molar-refractivity contribution < 1.29 is 19.4 Å². The van der Waals surface area contributed by atoms with Gasteiger partial charge >= 0.3 is 10.4 Å². The molecule has 0 N–H and O–H groups in total. The van der Waals surface area contributed by atoms with Gasteiger partial charge in [0.05, 0.1) is 6.21 Å². The third-order valence-corrected chi connectivity index (χ3v) is 1.98. The van der Waals surface area contributed by atoms with Crippen molar-refractivity contribution in [1.82, 2.24) is 0 Å². The Kier molecular flexibility index (Phi) is 2.17. The van der Waals surface area contributed by atoms with E-state index in [0.717, 1.165) is 5.56 Å². The largest absolute Gasteiger partial charge is 0.381 e. The van der Waals surface area contributed by atoms with Crippen LogP contribution in [0.2, 0.25) is 0 Å². The van der Waals surface area contributed by atoms with E-state index in [4.69, 9.17) is 0 Å². The average Bonchev–Trinajstić information content (AvgIpc) is 2.00. The van der Waals surface area contributed by atoms with Gasteiger partial charge in [0.2, 0.25) is 0 Å². The van der Waals surface area contributed by atoms with Gasteiger partial charge in [0.15, 0.2) is 0 Å². The third-order valence-electron chi connectivity index (χ3n) is 1.48. The maximum Gasteiger partial charge on any atom is 0.381 e. The van der Waals surface area contributed by atoms with Crippen LogP contribution in [0.1, 0.15) is 11.1 Å². The van der Waals surface area contributed by atoms with Crippen LogP contribution < -0.4 is 0 Å². The first-order chi connectivity index (χ1) is 6.45. The predicted octanol–water partition coefficient (Wildman–Crippen LogP) is 4.63. The molecular weight excluding hydrogens is 237 g/mol. The molecule has 0 saturated heterocycles. The van der Waals surface area contributed by atoms with Crippen LogP contribution in [0.15, 0.2) is 28.7 Å². The first kappa shape index (κ1) is 12.0. The minimum Gasteiger partial charge on any atom is -0.136 e. The summed E-state index contributed by atoms with van der Waals surface area (Å²) in [5, 5.41) is 0. The van der Waals surface area contributed by atoms with E-state index in [-0.39, 0.29) is 11.8 Å². The van der Waals surface area contributed by atoms with Gasteiger partial charge in [0, 0.05) is 0 Å². The molecule has 0 unspecified atom stereocenters. The summed E-state index contributed by atoms with van der Waals surface area (Å²) in [6.07, 6.45) is 0.126. The summed E-state index contributed by atoms with van der Waals surface area (Å²) < 4.78 is 60.4. The van der Waals surface area contributed by atoms with E-state index in [0.29, 0.717) is 0 Å². The Bertz CT molecular complexity index is 390. The Morgan fingerprint density at radius 2 is 1.47 bits per heavy atom. The minimum absolute atomic E-state index is 0.0196. The smallest absolute Gasteiger partial charge is 0.136 e. The van der Waals surface area contributed by atoms with E-state index >= 15 is 0 Å². The second-order valence-electron chi connectivity index (χ2n) is 3.07. The molecule has 0 aliphatic rings. The number of hydrogen-bond acceptors (Lipinski definition) is 1. The molecule has 0 fully saturated rings. The molecule has 1 nitrogen and oxygen atoms in total. The van der Waals surface area contributed by atoms with Crippen LogP contribution in [0.3, 0.4) is 0 Å². The lowest BCUT2D eigenvalue weighted by Crippen LogP contribution is -2.00. The zero-order valence-corrected chi connectivity index (χ0v) is 8.45. The second-order valence-corrected chi connectivity index (χ2v) is 5.14. The van der Waals surface area contributed by atoms with Gasteiger partial charge in [0.1, 0.15) is 0 Å². The van der Waals surface area contributed by atoms with Crippen molar-refractivity contribution in [2.24, 2.45) is 4.40 Å². The van der Waals surface area contributed by atoms with Crippen molar-refractivity contribution in [3.63, 3.8) is 0 Å². The molecule has 0 aromatic heterocycles. The molecule has 0 radical (unpaired) electrons. The molecule has 0 heterocycles. The van der Waals surface area contributed by atoms with Crippen molar-refractivity contribution in [3.05, 3.63) is 35.4 Å². The highest BCUT2D eigenvalue weighted by molar-refractivity contribution is 8.44. The molecule has 0 amide bonds. The zero-order valence-electron chi connectivity index (χ0n) is 7.63. The van der Waals surface area contributed by atoms with E-state index in [9.17, 15) is 19.4 Å². The molecule has 86 valence electrons. The Hall–Kier alpha value is -1.11. The fourth-order valence-electron chi connectivity index (χ4n) is 0.813. The van der Waals surface area contributed by atoms with Gasteiger partial charge in [-0.2, -0.15) is 0 Å². The van der Waals surface area contributed by atoms with Gasteiger partial charge in [-0.3, -0.25) is 0 Å². The summed E-state index contributed by atoms with van der Waals surface area (Å²) >= 11 is 0. The number of nitrogens with zero attached hydrogens (tertiary/aromatic N) is 1. The van der Waals surface area contributed by atoms with Crippen molar-refractivity contribution in [2.75, 3.05) is 0 Å². The molecule has 0 aliphatic heterocycles. The summed E-state index contributed by atoms with van der Waals surface area (Å²) in [6, 6.07) is 5.57. The molecule has 7 heteroatoms. The van der Waals surface area contributed by atoms with Crippen LogP contribution in [0, 0.1) is 6.92 Å². The molecule has 0 aliphatic carbocycles. The molecule has 15 heavy (non-hydrogen) atoms. The van der Waals surface area contributed by atoms with Gasteiger partial charge < -0.3 is 0 Å². The SMILES string of the molecule is Cc1ccc(C=NS(F)(F)(F)(F)F)cc1. The van der Waals surface area contributed by atoms with E-state index in [1.54, 1.807) is 6.92 Å². The number of rotatable bonds is 2. The van der Waals surface area contributed by atoms with Crippen molar-refractivity contribution in [2.45, 2.75) is 6.92 Å². The first-order valence-electron chi connectivity index (χ1n) is 3.82. The molecule has 0 saturated carbocycles. The monoisotopic (exact) mass is 245 g/mol. The molecule has 0 bridgehead atoms. The summed E-state index contributed by atoms with van der Waals surface area (Å²) in [6.45, 7) is 1.73. The van der Waals surface area contributed by atoms with Crippen molar-refractivity contribution in [3.8, 4) is 0 Å². The maximum absolute atomic E-state index is 11.8. The highest BCUT2D eigenvalue weighted by Crippen LogP contribution is 2.98. The first-order valence-corrected chi connectivity index (χ1v) is 5.73. The van der Waals surface area contributed by atoms with Crippen LogP contribution >= 0.6 is 10.4 Å². The normalized spacial score (nSPS) is 17.5. The second kappa shape index (κ2) is 2.72. The van der Waals surface area contributed by atoms with Gasteiger partial charge in [-0.05, 0) is 12.5 Å². The van der Waals surface area contributed by atoms with Crippen LogP contribution in [0.4, 0.5) is 19.4 Å². The summed E-state index contributed by atoms with van der Waals surface area (Å²) in [7, 11) is -9.67.